The summed E-state index contributed by atoms with van der Waals surface area (Å²) < 4.78 is 28.4. The van der Waals surface area contributed by atoms with Gasteiger partial charge in [-0.1, -0.05) is 29.8 Å². The van der Waals surface area contributed by atoms with Crippen LogP contribution in [0, 0.1) is 12.8 Å². The van der Waals surface area contributed by atoms with Gasteiger partial charge in [0.1, 0.15) is 17.8 Å². The zero-order chi connectivity index (χ0) is 24.3. The van der Waals surface area contributed by atoms with Crippen molar-refractivity contribution in [3.05, 3.63) is 71.4 Å². The van der Waals surface area contributed by atoms with E-state index in [1.807, 2.05) is 25.1 Å². The summed E-state index contributed by atoms with van der Waals surface area (Å²) in [6.45, 7) is 2.34. The molecular weight excluding hydrogens is 460 g/mol. The Balaban J connectivity index is 1.44. The van der Waals surface area contributed by atoms with Gasteiger partial charge in [0.2, 0.25) is 5.78 Å². The fourth-order valence-electron chi connectivity index (χ4n) is 4.09. The van der Waals surface area contributed by atoms with E-state index >= 15 is 0 Å². The largest absolute Gasteiger partial charge is 0.393 e. The Hall–Kier alpha value is -3.19. The van der Waals surface area contributed by atoms with Gasteiger partial charge in [0.25, 0.3) is 0 Å². The van der Waals surface area contributed by atoms with Gasteiger partial charge in [0.05, 0.1) is 24.8 Å². The van der Waals surface area contributed by atoms with E-state index in [2.05, 4.69) is 30.6 Å². The summed E-state index contributed by atoms with van der Waals surface area (Å²) in [4.78, 5) is 21.3. The Bertz CT molecular complexity index is 1280. The number of carbonyl (C=O) groups is 1. The number of ketones is 1. The van der Waals surface area contributed by atoms with Crippen LogP contribution in [0.1, 0.15) is 40.0 Å². The highest BCUT2D eigenvalue weighted by Crippen LogP contribution is 2.30. The lowest BCUT2D eigenvalue weighted by Crippen LogP contribution is -2.24. The Kier molecular flexibility index (Phi) is 7.03. The van der Waals surface area contributed by atoms with Crippen molar-refractivity contribution in [2.24, 2.45) is 11.1 Å². The van der Waals surface area contributed by atoms with Crippen LogP contribution in [0.3, 0.4) is 0 Å². The number of nitrogens with zero attached hydrogens (tertiary/aromatic N) is 4. The van der Waals surface area contributed by atoms with E-state index < -0.39 is 22.3 Å². The van der Waals surface area contributed by atoms with Crippen molar-refractivity contribution >= 4 is 21.9 Å². The molecule has 0 bridgehead atoms. The van der Waals surface area contributed by atoms with E-state index in [-0.39, 0.29) is 29.7 Å². The third-order valence-electron chi connectivity index (χ3n) is 5.70. The first-order chi connectivity index (χ1) is 16.2. The van der Waals surface area contributed by atoms with Crippen molar-refractivity contribution < 1.29 is 22.5 Å². The predicted molar refractivity (Wildman–Crippen MR) is 123 cm³/mol. The number of benzene rings is 1. The molecule has 3 atom stereocenters. The van der Waals surface area contributed by atoms with Gasteiger partial charge in [0, 0.05) is 24.4 Å². The Morgan fingerprint density at radius 2 is 2.15 bits per heavy atom. The standard InChI is InChI=1S/C22H26N6O5S/c1-14-3-2-4-15(7-14)11-28-6-5-19(27-28)21(30)18-10-24-13-25-22(18)26-17-8-16(20(29)9-17)12-33-34(23,31)32/h2-7,10,13,16-17,20,29H,8-9,11-12H2,1H3,(H2,23,31,32)(H,24,25,26)/t16-,17?,20+/m1/s1. The molecule has 1 fully saturated rings. The summed E-state index contributed by atoms with van der Waals surface area (Å²) in [5, 5.41) is 22.7. The minimum absolute atomic E-state index is 0.216. The molecular formula is C22H26N6O5S. The number of aliphatic hydroxyl groups excluding tert-OH is 1. The minimum atomic E-state index is -4.09. The second-order valence-corrected chi connectivity index (χ2v) is 9.64. The number of nitrogens with two attached hydrogens (primary N) is 1. The summed E-state index contributed by atoms with van der Waals surface area (Å²) in [5.41, 5.74) is 2.74. The van der Waals surface area contributed by atoms with E-state index in [9.17, 15) is 18.3 Å². The van der Waals surface area contributed by atoms with Crippen LogP contribution in [-0.2, 0) is 21.0 Å². The molecule has 1 aliphatic carbocycles. The lowest BCUT2D eigenvalue weighted by molar-refractivity contribution is 0.101. The van der Waals surface area contributed by atoms with Crippen molar-refractivity contribution in [2.45, 2.75) is 38.5 Å². The molecule has 0 saturated heterocycles. The zero-order valence-corrected chi connectivity index (χ0v) is 19.4. The monoisotopic (exact) mass is 486 g/mol. The second-order valence-electron chi connectivity index (χ2n) is 8.42. The van der Waals surface area contributed by atoms with E-state index in [0.717, 1.165) is 11.1 Å². The predicted octanol–water partition coefficient (Wildman–Crippen LogP) is 1.03. The number of aromatic nitrogens is 4. The first kappa shape index (κ1) is 24.0. The topological polar surface area (TPSA) is 162 Å². The molecule has 11 nitrogen and oxygen atoms in total. The van der Waals surface area contributed by atoms with Gasteiger partial charge in [-0.05, 0) is 31.4 Å². The maximum atomic E-state index is 13.2. The van der Waals surface area contributed by atoms with Crippen molar-refractivity contribution in [3.63, 3.8) is 0 Å². The number of rotatable bonds is 9. The smallest absolute Gasteiger partial charge is 0.333 e. The van der Waals surface area contributed by atoms with Crippen LogP contribution in [0.4, 0.5) is 5.82 Å². The average Bonchev–Trinajstić information content (AvgIpc) is 3.38. The Morgan fingerprint density at radius 1 is 1.32 bits per heavy atom. The summed E-state index contributed by atoms with van der Waals surface area (Å²) in [5.74, 6) is -0.439. The molecule has 12 heteroatoms. The van der Waals surface area contributed by atoms with E-state index in [1.54, 1.807) is 16.9 Å². The maximum Gasteiger partial charge on any atom is 0.333 e. The van der Waals surface area contributed by atoms with Crippen LogP contribution in [0.2, 0.25) is 0 Å². The van der Waals surface area contributed by atoms with Gasteiger partial charge in [-0.25, -0.2) is 15.1 Å². The zero-order valence-electron chi connectivity index (χ0n) is 18.5. The molecule has 0 spiro atoms. The van der Waals surface area contributed by atoms with E-state index in [1.165, 1.54) is 12.5 Å². The fraction of sp³-hybridized carbons (Fsp3) is 0.364. The van der Waals surface area contributed by atoms with Gasteiger partial charge >= 0.3 is 10.3 Å². The summed E-state index contributed by atoms with van der Waals surface area (Å²) in [6.07, 6.45) is 4.46. The van der Waals surface area contributed by atoms with Crippen LogP contribution < -0.4 is 10.5 Å². The van der Waals surface area contributed by atoms with Crippen LogP contribution in [-0.4, -0.2) is 57.8 Å². The third-order valence-corrected chi connectivity index (χ3v) is 6.17. The maximum absolute atomic E-state index is 13.2. The number of aliphatic hydroxyl groups is 1. The van der Waals surface area contributed by atoms with E-state index in [0.29, 0.717) is 25.2 Å². The number of anilines is 1. The number of nitrogens with one attached hydrogen (secondary N) is 1. The van der Waals surface area contributed by atoms with Crippen LogP contribution in [0.25, 0.3) is 0 Å². The average molecular weight is 487 g/mol. The minimum Gasteiger partial charge on any atom is -0.393 e. The normalized spacial score (nSPS) is 20.4. The SMILES string of the molecule is Cc1cccc(Cn2ccc(C(=O)c3cncnc3NC3C[C@H](COS(N)(=O)=O)[C@@H](O)C3)n2)c1. The molecule has 0 amide bonds. The molecule has 0 aliphatic heterocycles. The van der Waals surface area contributed by atoms with Crippen LogP contribution in [0.15, 0.2) is 49.1 Å². The highest BCUT2D eigenvalue weighted by atomic mass is 32.2. The van der Waals surface area contributed by atoms with Crippen LogP contribution in [0.5, 0.6) is 0 Å². The number of hydrogen-bond acceptors (Lipinski definition) is 9. The molecule has 2 heterocycles. The number of aryl methyl sites for hydroxylation is 1. The summed E-state index contributed by atoms with van der Waals surface area (Å²) >= 11 is 0. The van der Waals surface area contributed by atoms with Crippen molar-refractivity contribution in [2.75, 3.05) is 11.9 Å². The summed E-state index contributed by atoms with van der Waals surface area (Å²) in [7, 11) is -4.09. The van der Waals surface area contributed by atoms with Crippen molar-refractivity contribution in [1.29, 1.82) is 0 Å². The lowest BCUT2D eigenvalue weighted by Gasteiger charge is -2.15. The van der Waals surface area contributed by atoms with Crippen molar-refractivity contribution in [1.82, 2.24) is 19.7 Å². The molecule has 4 rings (SSSR count). The summed E-state index contributed by atoms with van der Waals surface area (Å²) in [6, 6.07) is 9.46. The van der Waals surface area contributed by atoms with Gasteiger partial charge in [-0.2, -0.15) is 13.5 Å². The number of carbonyl (C=O) groups excluding carboxylic acids is 1. The molecule has 1 aromatic carbocycles. The lowest BCUT2D eigenvalue weighted by atomic mass is 10.1. The first-order valence-electron chi connectivity index (χ1n) is 10.7. The van der Waals surface area contributed by atoms with Crippen molar-refractivity contribution in [3.8, 4) is 0 Å². The first-order valence-corrected chi connectivity index (χ1v) is 12.2. The molecule has 4 N–H and O–H groups in total. The molecule has 34 heavy (non-hydrogen) atoms. The molecule has 1 saturated carbocycles. The molecule has 0 radical (unpaired) electrons. The molecule has 1 aliphatic rings. The van der Waals surface area contributed by atoms with E-state index in [4.69, 9.17) is 5.14 Å². The Morgan fingerprint density at radius 3 is 2.91 bits per heavy atom. The van der Waals surface area contributed by atoms with Gasteiger partial charge in [-0.15, -0.1) is 0 Å². The van der Waals surface area contributed by atoms with Gasteiger partial charge in [0.15, 0.2) is 0 Å². The molecule has 2 aromatic heterocycles. The second kappa shape index (κ2) is 9.97. The fourth-order valence-corrected chi connectivity index (χ4v) is 4.46. The Labute approximate surface area is 197 Å². The molecule has 1 unspecified atom stereocenters. The highest BCUT2D eigenvalue weighted by molar-refractivity contribution is 7.84. The highest BCUT2D eigenvalue weighted by Gasteiger charge is 2.34. The molecule has 180 valence electrons. The van der Waals surface area contributed by atoms with Crippen LogP contribution >= 0.6 is 0 Å². The quantitative estimate of drug-likeness (QED) is 0.375. The number of hydrogen-bond donors (Lipinski definition) is 3. The third kappa shape index (κ3) is 6.03. The van der Waals surface area contributed by atoms with Gasteiger partial charge in [-0.3, -0.25) is 13.7 Å². The van der Waals surface area contributed by atoms with Gasteiger partial charge < -0.3 is 10.4 Å². The molecule has 3 aromatic rings.